The van der Waals surface area contributed by atoms with Crippen molar-refractivity contribution >= 4 is 5.91 Å². The van der Waals surface area contributed by atoms with Crippen molar-refractivity contribution in [1.82, 2.24) is 15.5 Å². The number of hydrogen-bond acceptors (Lipinski definition) is 5. The molecule has 0 aliphatic heterocycles. The van der Waals surface area contributed by atoms with Crippen LogP contribution in [0.3, 0.4) is 0 Å². The Morgan fingerprint density at radius 2 is 1.80 bits per heavy atom. The van der Waals surface area contributed by atoms with E-state index >= 15 is 0 Å². The van der Waals surface area contributed by atoms with Crippen LogP contribution in [0, 0.1) is 6.92 Å². The molecule has 128 valence electrons. The number of hydrogen-bond donors (Lipinski definition) is 1. The van der Waals surface area contributed by atoms with Crippen LogP contribution in [0.4, 0.5) is 0 Å². The Hall–Kier alpha value is -3.15. The number of carbonyl (C=O) groups excluding carboxylic acids is 1. The van der Waals surface area contributed by atoms with Gasteiger partial charge in [-0.1, -0.05) is 22.9 Å². The summed E-state index contributed by atoms with van der Waals surface area (Å²) in [6.07, 6.45) is 0. The molecular weight excluding hydrogens is 318 g/mol. The highest BCUT2D eigenvalue weighted by molar-refractivity contribution is 5.94. The molecule has 1 aromatic heterocycles. The minimum absolute atomic E-state index is 0.184. The number of rotatable bonds is 5. The Bertz CT molecular complexity index is 854. The molecule has 1 N–H and O–H groups in total. The molecule has 0 saturated carbocycles. The van der Waals surface area contributed by atoms with E-state index in [-0.39, 0.29) is 5.91 Å². The van der Waals surface area contributed by atoms with Gasteiger partial charge in [0.15, 0.2) is 0 Å². The van der Waals surface area contributed by atoms with Crippen molar-refractivity contribution in [2.75, 3.05) is 7.11 Å². The second-order valence-electron chi connectivity index (χ2n) is 5.75. The van der Waals surface area contributed by atoms with Crippen LogP contribution in [0.1, 0.15) is 34.8 Å². The quantitative estimate of drug-likeness (QED) is 0.770. The zero-order chi connectivity index (χ0) is 17.8. The first-order valence-electron chi connectivity index (χ1n) is 7.92. The van der Waals surface area contributed by atoms with E-state index in [1.54, 1.807) is 26.2 Å². The third-order valence-electron chi connectivity index (χ3n) is 3.82. The van der Waals surface area contributed by atoms with Crippen LogP contribution in [0.2, 0.25) is 0 Å². The van der Waals surface area contributed by atoms with Gasteiger partial charge in [0.05, 0.1) is 7.11 Å². The summed E-state index contributed by atoms with van der Waals surface area (Å²) >= 11 is 0. The molecule has 25 heavy (non-hydrogen) atoms. The van der Waals surface area contributed by atoms with Gasteiger partial charge in [-0.15, -0.1) is 0 Å². The highest BCUT2D eigenvalue weighted by atomic mass is 16.5. The SMILES string of the molecule is COc1ccc(-c2noc(C(C)NC(=O)c3ccc(C)cc3)n2)cc1. The molecule has 1 atom stereocenters. The molecule has 1 heterocycles. The summed E-state index contributed by atoms with van der Waals surface area (Å²) in [5.41, 5.74) is 2.51. The van der Waals surface area contributed by atoms with Gasteiger partial charge in [0, 0.05) is 11.1 Å². The van der Waals surface area contributed by atoms with Crippen molar-refractivity contribution in [2.45, 2.75) is 19.9 Å². The van der Waals surface area contributed by atoms with Crippen LogP contribution in [-0.2, 0) is 0 Å². The molecule has 2 aromatic carbocycles. The summed E-state index contributed by atoms with van der Waals surface area (Å²) in [4.78, 5) is 16.6. The van der Waals surface area contributed by atoms with Crippen molar-refractivity contribution in [3.05, 3.63) is 65.5 Å². The number of methoxy groups -OCH3 is 1. The van der Waals surface area contributed by atoms with Crippen LogP contribution >= 0.6 is 0 Å². The molecule has 6 nitrogen and oxygen atoms in total. The van der Waals surface area contributed by atoms with Gasteiger partial charge in [-0.3, -0.25) is 4.79 Å². The Kier molecular flexibility index (Phi) is 4.79. The summed E-state index contributed by atoms with van der Waals surface area (Å²) in [6, 6.07) is 14.3. The first-order valence-corrected chi connectivity index (χ1v) is 7.92. The molecule has 0 radical (unpaired) electrons. The van der Waals surface area contributed by atoms with E-state index < -0.39 is 6.04 Å². The summed E-state index contributed by atoms with van der Waals surface area (Å²) in [5.74, 6) is 1.39. The fraction of sp³-hybridized carbons (Fsp3) is 0.211. The highest BCUT2D eigenvalue weighted by Crippen LogP contribution is 2.21. The van der Waals surface area contributed by atoms with E-state index in [1.807, 2.05) is 43.3 Å². The predicted octanol–water partition coefficient (Wildman–Crippen LogP) is 3.54. The fourth-order valence-corrected chi connectivity index (χ4v) is 2.32. The number of aromatic nitrogens is 2. The lowest BCUT2D eigenvalue weighted by atomic mass is 10.1. The molecule has 1 amide bonds. The number of nitrogens with zero attached hydrogens (tertiary/aromatic N) is 2. The molecule has 0 aliphatic carbocycles. The molecule has 3 aromatic rings. The zero-order valence-electron chi connectivity index (χ0n) is 14.3. The van der Waals surface area contributed by atoms with Crippen molar-refractivity contribution in [3.8, 4) is 17.1 Å². The maximum absolute atomic E-state index is 12.3. The number of ether oxygens (including phenoxy) is 1. The van der Waals surface area contributed by atoms with Crippen molar-refractivity contribution in [3.63, 3.8) is 0 Å². The van der Waals surface area contributed by atoms with Gasteiger partial charge in [-0.2, -0.15) is 4.98 Å². The van der Waals surface area contributed by atoms with Crippen LogP contribution in [0.5, 0.6) is 5.75 Å². The van der Waals surface area contributed by atoms with Gasteiger partial charge in [0.25, 0.3) is 5.91 Å². The highest BCUT2D eigenvalue weighted by Gasteiger charge is 2.18. The minimum Gasteiger partial charge on any atom is -0.497 e. The fourth-order valence-electron chi connectivity index (χ4n) is 2.32. The zero-order valence-corrected chi connectivity index (χ0v) is 14.3. The molecule has 0 saturated heterocycles. The smallest absolute Gasteiger partial charge is 0.251 e. The Morgan fingerprint density at radius 1 is 1.12 bits per heavy atom. The van der Waals surface area contributed by atoms with Gasteiger partial charge >= 0.3 is 0 Å². The number of aryl methyl sites for hydroxylation is 1. The average Bonchev–Trinajstić information content (AvgIpc) is 3.12. The second-order valence-corrected chi connectivity index (χ2v) is 5.75. The molecule has 0 spiro atoms. The Labute approximate surface area is 145 Å². The lowest BCUT2D eigenvalue weighted by molar-refractivity contribution is 0.0932. The van der Waals surface area contributed by atoms with Gasteiger partial charge in [-0.05, 0) is 50.2 Å². The standard InChI is InChI=1S/C19H19N3O3/c1-12-4-6-15(7-5-12)18(23)20-13(2)19-21-17(22-25-19)14-8-10-16(24-3)11-9-14/h4-11,13H,1-3H3,(H,20,23). The number of benzene rings is 2. The minimum atomic E-state index is -0.395. The summed E-state index contributed by atoms with van der Waals surface area (Å²) in [6.45, 7) is 3.78. The topological polar surface area (TPSA) is 77.3 Å². The largest absolute Gasteiger partial charge is 0.497 e. The average molecular weight is 337 g/mol. The monoisotopic (exact) mass is 337 g/mol. The van der Waals surface area contributed by atoms with Crippen molar-refractivity contribution in [1.29, 1.82) is 0 Å². The number of carbonyl (C=O) groups is 1. The molecule has 3 rings (SSSR count). The summed E-state index contributed by atoms with van der Waals surface area (Å²) in [7, 11) is 1.61. The first-order chi connectivity index (χ1) is 12.1. The van der Waals surface area contributed by atoms with E-state index in [9.17, 15) is 4.79 Å². The Balaban J connectivity index is 1.70. The summed E-state index contributed by atoms with van der Waals surface area (Å²) in [5, 5.41) is 6.84. The third kappa shape index (κ3) is 3.85. The van der Waals surface area contributed by atoms with Crippen LogP contribution in [0.15, 0.2) is 53.1 Å². The molecular formula is C19H19N3O3. The van der Waals surface area contributed by atoms with E-state index in [0.29, 0.717) is 17.3 Å². The van der Waals surface area contributed by atoms with E-state index in [2.05, 4.69) is 15.5 Å². The maximum atomic E-state index is 12.3. The van der Waals surface area contributed by atoms with E-state index in [1.165, 1.54) is 0 Å². The lowest BCUT2D eigenvalue weighted by Crippen LogP contribution is -2.26. The first kappa shape index (κ1) is 16.7. The maximum Gasteiger partial charge on any atom is 0.251 e. The van der Waals surface area contributed by atoms with E-state index in [4.69, 9.17) is 9.26 Å². The van der Waals surface area contributed by atoms with Crippen molar-refractivity contribution in [2.24, 2.45) is 0 Å². The molecule has 1 unspecified atom stereocenters. The third-order valence-corrected chi connectivity index (χ3v) is 3.82. The van der Waals surface area contributed by atoms with Gasteiger partial charge < -0.3 is 14.6 Å². The van der Waals surface area contributed by atoms with E-state index in [0.717, 1.165) is 16.9 Å². The van der Waals surface area contributed by atoms with Crippen LogP contribution in [-0.4, -0.2) is 23.2 Å². The summed E-state index contributed by atoms with van der Waals surface area (Å²) < 4.78 is 10.4. The van der Waals surface area contributed by atoms with Gasteiger partial charge in [-0.25, -0.2) is 0 Å². The van der Waals surface area contributed by atoms with Crippen LogP contribution < -0.4 is 10.1 Å². The second kappa shape index (κ2) is 7.17. The van der Waals surface area contributed by atoms with Gasteiger partial charge in [0.2, 0.25) is 11.7 Å². The molecule has 6 heteroatoms. The number of amides is 1. The van der Waals surface area contributed by atoms with Crippen molar-refractivity contribution < 1.29 is 14.1 Å². The molecule has 0 fully saturated rings. The number of nitrogens with one attached hydrogen (secondary N) is 1. The van der Waals surface area contributed by atoms with Crippen LogP contribution in [0.25, 0.3) is 11.4 Å². The predicted molar refractivity (Wildman–Crippen MR) is 93.3 cm³/mol. The normalized spacial score (nSPS) is 11.8. The lowest BCUT2D eigenvalue weighted by Gasteiger charge is -2.09. The molecule has 0 aliphatic rings. The van der Waals surface area contributed by atoms with Gasteiger partial charge in [0.1, 0.15) is 11.8 Å². The molecule has 0 bridgehead atoms. The Morgan fingerprint density at radius 3 is 2.44 bits per heavy atom.